The van der Waals surface area contributed by atoms with Crippen LogP contribution in [0.3, 0.4) is 0 Å². The van der Waals surface area contributed by atoms with Crippen molar-refractivity contribution in [3.8, 4) is 0 Å². The number of hydrogen-bond acceptors (Lipinski definition) is 3. The van der Waals surface area contributed by atoms with E-state index in [-0.39, 0.29) is 0 Å². The molecule has 0 aliphatic rings. The quantitative estimate of drug-likeness (QED) is 0.433. The number of rotatable bonds is 5. The highest BCUT2D eigenvalue weighted by Gasteiger charge is 1.87. The van der Waals surface area contributed by atoms with Gasteiger partial charge in [0.15, 0.2) is 0 Å². The first-order valence-electron chi connectivity index (χ1n) is 3.43. The third kappa shape index (κ3) is 7.88. The van der Waals surface area contributed by atoms with Crippen molar-refractivity contribution in [2.45, 2.75) is 26.2 Å². The maximum Gasteiger partial charge on any atom is 0.0285 e. The van der Waals surface area contributed by atoms with Gasteiger partial charge in [0.2, 0.25) is 0 Å². The number of hydrogen-bond donors (Lipinski definition) is 2. The summed E-state index contributed by atoms with van der Waals surface area (Å²) < 4.78 is 0. The average molecular weight is 132 g/mol. The van der Waals surface area contributed by atoms with Crippen molar-refractivity contribution in [1.82, 2.24) is 10.6 Å². The molecule has 0 unspecified atom stereocenters. The molecule has 0 spiro atoms. The van der Waals surface area contributed by atoms with E-state index in [0.29, 0.717) is 0 Å². The summed E-state index contributed by atoms with van der Waals surface area (Å²) in [5, 5.41) is 9.57. The second-order valence-electron chi connectivity index (χ2n) is 2.14. The van der Waals surface area contributed by atoms with Crippen molar-refractivity contribution < 1.29 is 5.21 Å². The molecular formula is C6H16N2O. The Morgan fingerprint density at radius 1 is 1.44 bits per heavy atom. The lowest BCUT2D eigenvalue weighted by Crippen LogP contribution is -2.31. The lowest BCUT2D eigenvalue weighted by molar-refractivity contribution is -0.112. The Labute approximate surface area is 56.6 Å². The summed E-state index contributed by atoms with van der Waals surface area (Å²) in [6.45, 7) is 3.02. The first-order chi connectivity index (χ1) is 4.27. The van der Waals surface area contributed by atoms with Crippen LogP contribution in [-0.2, 0) is 0 Å². The molecule has 0 amide bonds. The van der Waals surface area contributed by atoms with E-state index < -0.39 is 0 Å². The van der Waals surface area contributed by atoms with Crippen LogP contribution in [0.25, 0.3) is 0 Å². The van der Waals surface area contributed by atoms with E-state index in [9.17, 15) is 0 Å². The van der Waals surface area contributed by atoms with E-state index in [1.165, 1.54) is 12.8 Å². The van der Waals surface area contributed by atoms with E-state index in [1.54, 1.807) is 7.05 Å². The molecule has 3 heteroatoms. The average Bonchev–Trinajstić information content (AvgIpc) is 1.80. The summed E-state index contributed by atoms with van der Waals surface area (Å²) in [5.41, 5.74) is 2.77. The van der Waals surface area contributed by atoms with Gasteiger partial charge >= 0.3 is 0 Å². The zero-order valence-electron chi connectivity index (χ0n) is 6.22. The number of hydroxylamine groups is 1. The monoisotopic (exact) mass is 132 g/mol. The van der Waals surface area contributed by atoms with E-state index in [4.69, 9.17) is 5.21 Å². The van der Waals surface area contributed by atoms with Crippen molar-refractivity contribution in [2.75, 3.05) is 13.6 Å². The van der Waals surface area contributed by atoms with Crippen LogP contribution in [0, 0.1) is 0 Å². The molecule has 0 fully saturated rings. The lowest BCUT2D eigenvalue weighted by atomic mass is 10.2. The molecule has 2 N–H and O–H groups in total. The summed E-state index contributed by atoms with van der Waals surface area (Å²) in [4.78, 5) is 0. The van der Waals surface area contributed by atoms with Gasteiger partial charge in [-0.1, -0.05) is 19.8 Å². The molecule has 0 aliphatic carbocycles. The summed E-state index contributed by atoms with van der Waals surface area (Å²) in [6.07, 6.45) is 3.57. The van der Waals surface area contributed by atoms with Crippen molar-refractivity contribution in [3.05, 3.63) is 0 Å². The molecular weight excluding hydrogens is 116 g/mol. The molecule has 0 aromatic carbocycles. The maximum atomic E-state index is 8.57. The molecule has 0 radical (unpaired) electrons. The van der Waals surface area contributed by atoms with Gasteiger partial charge < -0.3 is 0 Å². The SMILES string of the molecule is CCCCCNN(C)O. The number of nitrogens with zero attached hydrogens (tertiary/aromatic N) is 1. The van der Waals surface area contributed by atoms with Gasteiger partial charge in [-0.2, -0.15) is 0 Å². The minimum Gasteiger partial charge on any atom is -0.299 e. The fourth-order valence-corrected chi connectivity index (χ4v) is 0.616. The van der Waals surface area contributed by atoms with Crippen molar-refractivity contribution >= 4 is 0 Å². The van der Waals surface area contributed by atoms with E-state index in [2.05, 4.69) is 12.3 Å². The standard InChI is InChI=1S/C6H16N2O/c1-3-4-5-6-7-8(2)9/h7,9H,3-6H2,1-2H3. The van der Waals surface area contributed by atoms with Gasteiger partial charge in [0.05, 0.1) is 0 Å². The lowest BCUT2D eigenvalue weighted by Gasteiger charge is -2.08. The molecule has 56 valence electrons. The Kier molecular flexibility index (Phi) is 5.93. The predicted molar refractivity (Wildman–Crippen MR) is 37.1 cm³/mol. The molecule has 0 aromatic heterocycles. The third-order valence-corrected chi connectivity index (χ3v) is 1.12. The molecule has 0 heterocycles. The summed E-state index contributed by atoms with van der Waals surface area (Å²) in [6, 6.07) is 0. The van der Waals surface area contributed by atoms with Crippen LogP contribution in [0.1, 0.15) is 26.2 Å². The van der Waals surface area contributed by atoms with Gasteiger partial charge in [-0.3, -0.25) is 5.21 Å². The van der Waals surface area contributed by atoms with Gasteiger partial charge in [0.1, 0.15) is 0 Å². The fraction of sp³-hybridized carbons (Fsp3) is 1.00. The Morgan fingerprint density at radius 3 is 2.56 bits per heavy atom. The Balaban J connectivity index is 2.75. The Hall–Kier alpha value is -0.120. The van der Waals surface area contributed by atoms with Crippen LogP contribution in [0.2, 0.25) is 0 Å². The van der Waals surface area contributed by atoms with Crippen LogP contribution >= 0.6 is 0 Å². The van der Waals surface area contributed by atoms with Gasteiger partial charge in [0, 0.05) is 13.6 Å². The third-order valence-electron chi connectivity index (χ3n) is 1.12. The molecule has 0 saturated heterocycles. The summed E-state index contributed by atoms with van der Waals surface area (Å²) in [5.74, 6) is 0. The number of hydrazine groups is 1. The molecule has 0 bridgehead atoms. The largest absolute Gasteiger partial charge is 0.299 e. The zero-order chi connectivity index (χ0) is 7.11. The van der Waals surface area contributed by atoms with Gasteiger partial charge in [-0.05, 0) is 6.42 Å². The van der Waals surface area contributed by atoms with Crippen molar-refractivity contribution in [2.24, 2.45) is 0 Å². The van der Waals surface area contributed by atoms with Crippen LogP contribution < -0.4 is 5.43 Å². The van der Waals surface area contributed by atoms with Crippen molar-refractivity contribution in [3.63, 3.8) is 0 Å². The highest BCUT2D eigenvalue weighted by molar-refractivity contribution is 4.39. The zero-order valence-corrected chi connectivity index (χ0v) is 6.22. The van der Waals surface area contributed by atoms with E-state index >= 15 is 0 Å². The molecule has 0 aliphatic heterocycles. The molecule has 0 saturated carbocycles. The highest BCUT2D eigenvalue weighted by atomic mass is 16.5. The fourth-order valence-electron chi connectivity index (χ4n) is 0.616. The molecule has 0 aromatic rings. The molecule has 3 nitrogen and oxygen atoms in total. The smallest absolute Gasteiger partial charge is 0.0285 e. The maximum absolute atomic E-state index is 8.57. The normalized spacial score (nSPS) is 10.7. The first kappa shape index (κ1) is 8.88. The minimum absolute atomic E-state index is 0.862. The number of nitrogens with one attached hydrogen (secondary N) is 1. The first-order valence-corrected chi connectivity index (χ1v) is 3.43. The van der Waals surface area contributed by atoms with Crippen LogP contribution in [0.5, 0.6) is 0 Å². The van der Waals surface area contributed by atoms with Gasteiger partial charge in [0.25, 0.3) is 0 Å². The van der Waals surface area contributed by atoms with E-state index in [1.807, 2.05) is 0 Å². The van der Waals surface area contributed by atoms with E-state index in [0.717, 1.165) is 18.1 Å². The number of unbranched alkanes of at least 4 members (excludes halogenated alkanes) is 2. The highest BCUT2D eigenvalue weighted by Crippen LogP contribution is 1.90. The van der Waals surface area contributed by atoms with Crippen LogP contribution in [0.15, 0.2) is 0 Å². The topological polar surface area (TPSA) is 35.5 Å². The molecule has 0 atom stereocenters. The van der Waals surface area contributed by atoms with Gasteiger partial charge in [-0.15, -0.1) is 5.17 Å². The second kappa shape index (κ2) is 6.01. The van der Waals surface area contributed by atoms with Crippen LogP contribution in [-0.4, -0.2) is 24.0 Å². The predicted octanol–water partition coefficient (Wildman–Crippen LogP) is 1.00. The minimum atomic E-state index is 0.862. The molecule has 9 heavy (non-hydrogen) atoms. The van der Waals surface area contributed by atoms with Crippen LogP contribution in [0.4, 0.5) is 0 Å². The summed E-state index contributed by atoms with van der Waals surface area (Å²) in [7, 11) is 1.58. The second-order valence-corrected chi connectivity index (χ2v) is 2.14. The Bertz CT molecular complexity index is 57.0. The van der Waals surface area contributed by atoms with Gasteiger partial charge in [-0.25, -0.2) is 5.43 Å². The van der Waals surface area contributed by atoms with Crippen molar-refractivity contribution in [1.29, 1.82) is 0 Å². The summed E-state index contributed by atoms with van der Waals surface area (Å²) >= 11 is 0. The molecule has 0 rings (SSSR count). The Morgan fingerprint density at radius 2 is 2.11 bits per heavy atom.